The van der Waals surface area contributed by atoms with E-state index in [2.05, 4.69) is 27.4 Å². The van der Waals surface area contributed by atoms with Gasteiger partial charge in [0.25, 0.3) is 0 Å². The van der Waals surface area contributed by atoms with E-state index in [1.807, 2.05) is 13.1 Å². The van der Waals surface area contributed by atoms with Crippen molar-refractivity contribution in [1.82, 2.24) is 4.90 Å². The normalized spacial score (nSPS) is 24.0. The topological polar surface area (TPSA) is 65.1 Å². The summed E-state index contributed by atoms with van der Waals surface area (Å²) in [4.78, 5) is 25.8. The second kappa shape index (κ2) is 8.67. The van der Waals surface area contributed by atoms with Crippen molar-refractivity contribution in [3.05, 3.63) is 24.8 Å². The van der Waals surface area contributed by atoms with Gasteiger partial charge in [0.2, 0.25) is 0 Å². The van der Waals surface area contributed by atoms with E-state index in [1.165, 1.54) is 19.3 Å². The van der Waals surface area contributed by atoms with Crippen LogP contribution in [0.2, 0.25) is 13.1 Å². The van der Waals surface area contributed by atoms with Crippen LogP contribution in [-0.2, 0) is 18.7 Å². The number of rotatable bonds is 6. The molecule has 1 saturated heterocycles. The Labute approximate surface area is 152 Å². The van der Waals surface area contributed by atoms with Gasteiger partial charge in [0.15, 0.2) is 14.8 Å². The van der Waals surface area contributed by atoms with Gasteiger partial charge in [-0.25, -0.2) is 9.59 Å². The first kappa shape index (κ1) is 21.4. The molecule has 1 fully saturated rings. The summed E-state index contributed by atoms with van der Waals surface area (Å²) in [6.07, 6.45) is 4.65. The van der Waals surface area contributed by atoms with Crippen LogP contribution in [-0.4, -0.2) is 52.0 Å². The summed E-state index contributed by atoms with van der Waals surface area (Å²) in [6.45, 7) is 14.7. The summed E-state index contributed by atoms with van der Waals surface area (Å²) in [5.74, 6) is -0.272. The van der Waals surface area contributed by atoms with Crippen LogP contribution in [0.5, 0.6) is 0 Å². The number of hydrogen-bond donors (Lipinski definition) is 0. The minimum Gasteiger partial charge on any atom is -0.466 e. The number of carbonyl (C=O) groups excluding carboxylic acids is 2. The highest BCUT2D eigenvalue weighted by molar-refractivity contribution is 6.48. The summed E-state index contributed by atoms with van der Waals surface area (Å²) < 4.78 is 16.2. The highest BCUT2D eigenvalue weighted by Gasteiger charge is 2.51. The first-order valence-electron chi connectivity index (χ1n) is 8.56. The van der Waals surface area contributed by atoms with Crippen LogP contribution in [0.3, 0.4) is 0 Å². The Balaban J connectivity index is 3.27. The van der Waals surface area contributed by atoms with Gasteiger partial charge in [-0.15, -0.1) is 0 Å². The van der Waals surface area contributed by atoms with Gasteiger partial charge in [0.1, 0.15) is 6.61 Å². The van der Waals surface area contributed by atoms with Crippen molar-refractivity contribution in [2.24, 2.45) is 11.3 Å². The van der Waals surface area contributed by atoms with E-state index >= 15 is 0 Å². The number of carbonyl (C=O) groups is 2. The van der Waals surface area contributed by atoms with E-state index in [1.54, 1.807) is 11.0 Å². The van der Waals surface area contributed by atoms with E-state index in [4.69, 9.17) is 13.9 Å². The number of likely N-dealkylation sites (tertiary alicyclic amines) is 1. The van der Waals surface area contributed by atoms with Crippen molar-refractivity contribution in [2.45, 2.75) is 46.0 Å². The summed E-state index contributed by atoms with van der Waals surface area (Å²) >= 11 is 0. The summed E-state index contributed by atoms with van der Waals surface area (Å²) in [7, 11) is -0.204. The third-order valence-electron chi connectivity index (χ3n) is 4.29. The molecule has 0 aromatic rings. The fourth-order valence-corrected chi connectivity index (χ4v) is 4.02. The molecule has 1 amide bonds. The van der Waals surface area contributed by atoms with Gasteiger partial charge >= 0.3 is 12.1 Å². The van der Waals surface area contributed by atoms with Gasteiger partial charge in [-0.1, -0.05) is 33.4 Å². The first-order valence-corrected chi connectivity index (χ1v) is 11.3. The minimum absolute atomic E-state index is 0.0142. The Bertz CT molecular complexity index is 526. The Morgan fingerprint density at radius 1 is 1.36 bits per heavy atom. The lowest BCUT2D eigenvalue weighted by molar-refractivity contribution is -0.135. The Hall–Kier alpha value is -1.60. The number of ether oxygens (including phenoxy) is 2. The highest BCUT2D eigenvalue weighted by atomic mass is 28.3. The second-order valence-electron chi connectivity index (χ2n) is 7.61. The third kappa shape index (κ3) is 5.71. The lowest BCUT2D eigenvalue weighted by atomic mass is 9.79. The molecule has 1 heterocycles. The zero-order valence-electron chi connectivity index (χ0n) is 16.2. The lowest BCUT2D eigenvalue weighted by Crippen LogP contribution is -2.50. The van der Waals surface area contributed by atoms with Crippen LogP contribution >= 0.6 is 0 Å². The number of amides is 1. The van der Waals surface area contributed by atoms with Crippen LogP contribution < -0.4 is 0 Å². The van der Waals surface area contributed by atoms with Gasteiger partial charge in [0, 0.05) is 19.0 Å². The maximum atomic E-state index is 12.6. The molecule has 0 saturated carbocycles. The summed E-state index contributed by atoms with van der Waals surface area (Å²) in [6, 6.07) is 0. The monoisotopic (exact) mass is 369 g/mol. The number of esters is 1. The molecule has 0 aromatic heterocycles. The minimum atomic E-state index is -1.52. The SMILES string of the molecule is C=CCOC(=O)N1C[C@@H](C(C)(C)C)C[C@@]1(C=CC(=O)OC)O[SiH](C)C. The van der Waals surface area contributed by atoms with Gasteiger partial charge in [-0.2, -0.15) is 0 Å². The quantitative estimate of drug-likeness (QED) is 0.311. The maximum absolute atomic E-state index is 12.6. The van der Waals surface area contributed by atoms with Crippen molar-refractivity contribution in [3.8, 4) is 0 Å². The van der Waals surface area contributed by atoms with Gasteiger partial charge in [0.05, 0.1) is 7.11 Å². The molecular weight excluding hydrogens is 338 g/mol. The van der Waals surface area contributed by atoms with Gasteiger partial charge < -0.3 is 13.9 Å². The Morgan fingerprint density at radius 2 is 2.00 bits per heavy atom. The van der Waals surface area contributed by atoms with Gasteiger partial charge in [-0.05, 0) is 30.5 Å². The van der Waals surface area contributed by atoms with Crippen molar-refractivity contribution in [2.75, 3.05) is 20.3 Å². The summed E-state index contributed by atoms with van der Waals surface area (Å²) in [5.41, 5.74) is -0.996. The number of hydrogen-bond acceptors (Lipinski definition) is 5. The van der Waals surface area contributed by atoms with E-state index in [0.29, 0.717) is 13.0 Å². The average Bonchev–Trinajstić information content (AvgIpc) is 2.89. The molecule has 0 bridgehead atoms. The highest BCUT2D eigenvalue weighted by Crippen LogP contribution is 2.44. The van der Waals surface area contributed by atoms with Crippen molar-refractivity contribution >= 4 is 21.1 Å². The van der Waals surface area contributed by atoms with Crippen LogP contribution in [0.4, 0.5) is 4.79 Å². The number of methoxy groups -OCH3 is 1. The molecule has 1 aliphatic rings. The lowest BCUT2D eigenvalue weighted by Gasteiger charge is -2.37. The predicted octanol–water partition coefficient (Wildman–Crippen LogP) is 3.10. The average molecular weight is 370 g/mol. The summed E-state index contributed by atoms with van der Waals surface area (Å²) in [5, 5.41) is 0. The largest absolute Gasteiger partial charge is 0.466 e. The van der Waals surface area contributed by atoms with Crippen molar-refractivity contribution in [1.29, 1.82) is 0 Å². The molecule has 0 N–H and O–H groups in total. The van der Waals surface area contributed by atoms with Crippen LogP contribution in [0, 0.1) is 11.3 Å². The first-order chi connectivity index (χ1) is 11.6. The zero-order valence-corrected chi connectivity index (χ0v) is 17.4. The molecular formula is C18H31NO5Si. The fourth-order valence-electron chi connectivity index (χ4n) is 2.90. The molecule has 25 heavy (non-hydrogen) atoms. The van der Waals surface area contributed by atoms with E-state index in [0.717, 1.165) is 0 Å². The van der Waals surface area contributed by atoms with Gasteiger partial charge in [-0.3, -0.25) is 4.90 Å². The third-order valence-corrected chi connectivity index (χ3v) is 5.17. The maximum Gasteiger partial charge on any atom is 0.412 e. The second-order valence-corrected chi connectivity index (χ2v) is 9.94. The van der Waals surface area contributed by atoms with Crippen LogP contribution in [0.1, 0.15) is 27.2 Å². The van der Waals surface area contributed by atoms with E-state index < -0.39 is 26.8 Å². The molecule has 1 aliphatic heterocycles. The smallest absolute Gasteiger partial charge is 0.412 e. The van der Waals surface area contributed by atoms with E-state index in [-0.39, 0.29) is 17.9 Å². The molecule has 1 rings (SSSR count). The Morgan fingerprint density at radius 3 is 2.48 bits per heavy atom. The van der Waals surface area contributed by atoms with E-state index in [9.17, 15) is 9.59 Å². The predicted molar refractivity (Wildman–Crippen MR) is 99.7 cm³/mol. The molecule has 0 aliphatic carbocycles. The molecule has 142 valence electrons. The molecule has 0 spiro atoms. The molecule has 7 heteroatoms. The van der Waals surface area contributed by atoms with Crippen molar-refractivity contribution < 1.29 is 23.5 Å². The zero-order chi connectivity index (χ0) is 19.3. The molecule has 2 atom stereocenters. The fraction of sp³-hybridized carbons (Fsp3) is 0.667. The molecule has 0 radical (unpaired) electrons. The molecule has 0 unspecified atom stereocenters. The molecule has 0 aromatic carbocycles. The standard InChI is InChI=1S/C18H31NO5Si/c1-8-11-23-16(21)19-13-14(17(2,3)4)12-18(19,24-25(6)7)10-9-15(20)22-5/h8-10,14,25H,1,11-13H2,2-7H3/t14-,18+/m0/s1. The van der Waals surface area contributed by atoms with Crippen LogP contribution in [0.25, 0.3) is 0 Å². The van der Waals surface area contributed by atoms with Crippen LogP contribution in [0.15, 0.2) is 24.8 Å². The van der Waals surface area contributed by atoms with Crippen molar-refractivity contribution in [3.63, 3.8) is 0 Å². The Kier molecular flexibility index (Phi) is 7.43. The molecule has 6 nitrogen and oxygen atoms in total. The number of nitrogens with zero attached hydrogens (tertiary/aromatic N) is 1.